The second kappa shape index (κ2) is 4.02. The Bertz CT molecular complexity index is 314. The molecule has 1 fully saturated rings. The second-order valence-corrected chi connectivity index (χ2v) is 4.63. The van der Waals surface area contributed by atoms with Crippen molar-refractivity contribution in [3.05, 3.63) is 26.8 Å². The van der Waals surface area contributed by atoms with E-state index in [1.807, 2.05) is 18.2 Å². The lowest BCUT2D eigenvalue weighted by Crippen LogP contribution is -2.50. The standard InChI is InChI=1S/C9H9ClINO/c10-8-2-1-6(11)3-9(8)13-7-4-12-5-7/h1-3,7,12H,4-5H2. The Morgan fingerprint density at radius 2 is 2.23 bits per heavy atom. The van der Waals surface area contributed by atoms with Crippen molar-refractivity contribution in [3.8, 4) is 5.75 Å². The maximum Gasteiger partial charge on any atom is 0.139 e. The minimum Gasteiger partial charge on any atom is -0.486 e. The Morgan fingerprint density at radius 1 is 1.46 bits per heavy atom. The first kappa shape index (κ1) is 9.55. The summed E-state index contributed by atoms with van der Waals surface area (Å²) in [5.41, 5.74) is 0. The maximum absolute atomic E-state index is 5.97. The van der Waals surface area contributed by atoms with Gasteiger partial charge in [0.15, 0.2) is 0 Å². The second-order valence-electron chi connectivity index (χ2n) is 2.97. The zero-order valence-corrected chi connectivity index (χ0v) is 9.80. The fourth-order valence-corrected chi connectivity index (χ4v) is 1.72. The van der Waals surface area contributed by atoms with E-state index in [2.05, 4.69) is 27.9 Å². The molecule has 13 heavy (non-hydrogen) atoms. The Balaban J connectivity index is 2.13. The number of ether oxygens (including phenoxy) is 1. The van der Waals surface area contributed by atoms with Crippen LogP contribution in [-0.2, 0) is 0 Å². The van der Waals surface area contributed by atoms with Crippen LogP contribution in [0.15, 0.2) is 18.2 Å². The minimum atomic E-state index is 0.288. The van der Waals surface area contributed by atoms with E-state index < -0.39 is 0 Å². The minimum absolute atomic E-state index is 0.288. The molecule has 1 aliphatic heterocycles. The maximum atomic E-state index is 5.97. The van der Waals surface area contributed by atoms with Gasteiger partial charge in [-0.2, -0.15) is 0 Å². The highest BCUT2D eigenvalue weighted by Crippen LogP contribution is 2.27. The molecule has 0 radical (unpaired) electrons. The molecule has 0 spiro atoms. The first-order chi connectivity index (χ1) is 6.25. The highest BCUT2D eigenvalue weighted by Gasteiger charge is 2.19. The van der Waals surface area contributed by atoms with E-state index in [1.165, 1.54) is 0 Å². The van der Waals surface area contributed by atoms with Crippen molar-refractivity contribution < 1.29 is 4.74 Å². The molecule has 1 aliphatic rings. The average molecular weight is 310 g/mol. The third-order valence-electron chi connectivity index (χ3n) is 1.93. The van der Waals surface area contributed by atoms with Gasteiger partial charge in [0, 0.05) is 16.7 Å². The van der Waals surface area contributed by atoms with Gasteiger partial charge in [-0.3, -0.25) is 0 Å². The molecule has 1 heterocycles. The summed E-state index contributed by atoms with van der Waals surface area (Å²) in [6.45, 7) is 1.84. The van der Waals surface area contributed by atoms with Gasteiger partial charge in [0.2, 0.25) is 0 Å². The summed E-state index contributed by atoms with van der Waals surface area (Å²) in [7, 11) is 0. The van der Waals surface area contributed by atoms with Gasteiger partial charge in [-0.25, -0.2) is 0 Å². The zero-order valence-electron chi connectivity index (χ0n) is 6.89. The van der Waals surface area contributed by atoms with Crippen LogP contribution in [0.25, 0.3) is 0 Å². The molecule has 0 aromatic heterocycles. The monoisotopic (exact) mass is 309 g/mol. The van der Waals surface area contributed by atoms with Crippen molar-refractivity contribution in [2.24, 2.45) is 0 Å². The van der Waals surface area contributed by atoms with Crippen LogP contribution in [0, 0.1) is 3.57 Å². The SMILES string of the molecule is Clc1ccc(I)cc1OC1CNC1. The van der Waals surface area contributed by atoms with E-state index in [0.717, 1.165) is 22.4 Å². The average Bonchev–Trinajstić information content (AvgIpc) is 2.03. The summed E-state index contributed by atoms with van der Waals surface area (Å²) in [4.78, 5) is 0. The van der Waals surface area contributed by atoms with E-state index in [1.54, 1.807) is 0 Å². The Labute approximate surface area is 95.7 Å². The highest BCUT2D eigenvalue weighted by atomic mass is 127. The molecule has 0 aliphatic carbocycles. The van der Waals surface area contributed by atoms with Gasteiger partial charge < -0.3 is 10.1 Å². The van der Waals surface area contributed by atoms with Crippen LogP contribution in [0.1, 0.15) is 0 Å². The predicted molar refractivity (Wildman–Crippen MR) is 61.5 cm³/mol. The topological polar surface area (TPSA) is 21.3 Å². The molecule has 4 heteroatoms. The van der Waals surface area contributed by atoms with Crippen molar-refractivity contribution in [1.29, 1.82) is 0 Å². The molecule has 2 nitrogen and oxygen atoms in total. The van der Waals surface area contributed by atoms with Gasteiger partial charge in [-0.05, 0) is 40.8 Å². The first-order valence-electron chi connectivity index (χ1n) is 4.08. The summed E-state index contributed by atoms with van der Waals surface area (Å²) in [6, 6.07) is 5.79. The molecule has 2 rings (SSSR count). The number of hydrogen-bond donors (Lipinski definition) is 1. The molecule has 1 aromatic carbocycles. The normalized spacial score (nSPS) is 16.8. The lowest BCUT2D eigenvalue weighted by Gasteiger charge is -2.28. The van der Waals surface area contributed by atoms with Crippen molar-refractivity contribution in [3.63, 3.8) is 0 Å². The number of halogens is 2. The molecule has 1 aromatic rings. The summed E-state index contributed by atoms with van der Waals surface area (Å²) < 4.78 is 6.81. The molecule has 0 unspecified atom stereocenters. The van der Waals surface area contributed by atoms with Crippen LogP contribution in [-0.4, -0.2) is 19.2 Å². The Kier molecular flexibility index (Phi) is 2.96. The molecule has 0 saturated carbocycles. The molecular formula is C9H9ClINO. The summed E-state index contributed by atoms with van der Waals surface area (Å²) in [5, 5.41) is 3.83. The lowest BCUT2D eigenvalue weighted by atomic mass is 10.2. The van der Waals surface area contributed by atoms with E-state index >= 15 is 0 Å². The van der Waals surface area contributed by atoms with Crippen LogP contribution in [0.3, 0.4) is 0 Å². The first-order valence-corrected chi connectivity index (χ1v) is 5.54. The van der Waals surface area contributed by atoms with Gasteiger partial charge in [-0.1, -0.05) is 11.6 Å². The number of benzene rings is 1. The Morgan fingerprint density at radius 3 is 2.85 bits per heavy atom. The van der Waals surface area contributed by atoms with Crippen molar-refractivity contribution in [2.45, 2.75) is 6.10 Å². The summed E-state index contributed by atoms with van der Waals surface area (Å²) in [6.07, 6.45) is 0.288. The largest absolute Gasteiger partial charge is 0.486 e. The van der Waals surface area contributed by atoms with Crippen LogP contribution >= 0.6 is 34.2 Å². The number of hydrogen-bond acceptors (Lipinski definition) is 2. The van der Waals surface area contributed by atoms with E-state index in [-0.39, 0.29) is 6.10 Å². The third-order valence-corrected chi connectivity index (χ3v) is 2.91. The van der Waals surface area contributed by atoms with E-state index in [9.17, 15) is 0 Å². The molecule has 70 valence electrons. The van der Waals surface area contributed by atoms with Crippen molar-refractivity contribution in [1.82, 2.24) is 5.32 Å². The van der Waals surface area contributed by atoms with Crippen LogP contribution < -0.4 is 10.1 Å². The summed E-state index contributed by atoms with van der Waals surface area (Å²) in [5.74, 6) is 0.792. The van der Waals surface area contributed by atoms with Crippen LogP contribution in [0.5, 0.6) is 5.75 Å². The summed E-state index contributed by atoms with van der Waals surface area (Å²) >= 11 is 8.22. The molecule has 1 N–H and O–H groups in total. The van der Waals surface area contributed by atoms with E-state index in [4.69, 9.17) is 16.3 Å². The fraction of sp³-hybridized carbons (Fsp3) is 0.333. The van der Waals surface area contributed by atoms with Gasteiger partial charge in [0.05, 0.1) is 5.02 Å². The van der Waals surface area contributed by atoms with Gasteiger partial charge >= 0.3 is 0 Å². The fourth-order valence-electron chi connectivity index (χ4n) is 1.09. The van der Waals surface area contributed by atoms with Gasteiger partial charge in [0.25, 0.3) is 0 Å². The number of rotatable bonds is 2. The van der Waals surface area contributed by atoms with Gasteiger partial charge in [0.1, 0.15) is 11.9 Å². The molecule has 0 amide bonds. The van der Waals surface area contributed by atoms with E-state index in [0.29, 0.717) is 5.02 Å². The molecule has 0 bridgehead atoms. The Hall–Kier alpha value is -0.0000000000000000763. The quantitative estimate of drug-likeness (QED) is 0.847. The molecular weight excluding hydrogens is 300 g/mol. The third kappa shape index (κ3) is 2.27. The highest BCUT2D eigenvalue weighted by molar-refractivity contribution is 14.1. The van der Waals surface area contributed by atoms with Crippen molar-refractivity contribution >= 4 is 34.2 Å². The van der Waals surface area contributed by atoms with Crippen LogP contribution in [0.2, 0.25) is 5.02 Å². The predicted octanol–water partition coefficient (Wildman–Crippen LogP) is 2.30. The van der Waals surface area contributed by atoms with Crippen LogP contribution in [0.4, 0.5) is 0 Å². The van der Waals surface area contributed by atoms with Gasteiger partial charge in [-0.15, -0.1) is 0 Å². The molecule has 0 atom stereocenters. The smallest absolute Gasteiger partial charge is 0.139 e. The number of nitrogens with one attached hydrogen (secondary N) is 1. The molecule has 1 saturated heterocycles. The zero-order chi connectivity index (χ0) is 9.26. The lowest BCUT2D eigenvalue weighted by molar-refractivity contribution is 0.142. The van der Waals surface area contributed by atoms with Crippen molar-refractivity contribution in [2.75, 3.05) is 13.1 Å².